The lowest BCUT2D eigenvalue weighted by atomic mass is 9.69. The van der Waals surface area contributed by atoms with Gasteiger partial charge in [0.25, 0.3) is 0 Å². The first-order valence-electron chi connectivity index (χ1n) is 11.1. The van der Waals surface area contributed by atoms with Crippen LogP contribution in [0.15, 0.2) is 41.0 Å². The Bertz CT molecular complexity index is 871. The number of hydrogen-bond acceptors (Lipinski definition) is 5. The molecule has 31 heavy (non-hydrogen) atoms. The largest absolute Gasteiger partial charge is 0.465 e. The summed E-state index contributed by atoms with van der Waals surface area (Å²) in [7, 11) is 0. The van der Waals surface area contributed by atoms with Gasteiger partial charge in [0.2, 0.25) is 11.8 Å². The van der Waals surface area contributed by atoms with Crippen molar-refractivity contribution in [3.8, 4) is 0 Å². The minimum atomic E-state index is -1.13. The number of nitrogens with zero attached hydrogens (tertiary/aromatic N) is 1. The van der Waals surface area contributed by atoms with Crippen LogP contribution >= 0.6 is 0 Å². The zero-order valence-corrected chi connectivity index (χ0v) is 18.4. The standard InChI is InChI=1S/C24H32N2O5/c1-4-14-26-20-10-8-6-7-9-13-24(20,23(29)30-5-2)19(22(26)28)15-21(27)25-16-18-12-11-17(3)31-18/h4,10-12,19H,1,5-9,13-16H2,2-3H3,(H,25,27)/b20-10+/t19-,24-/m1/s1. The van der Waals surface area contributed by atoms with Crippen molar-refractivity contribution in [2.75, 3.05) is 13.2 Å². The molecule has 1 N–H and O–H groups in total. The number of likely N-dealkylation sites (tertiary alicyclic amines) is 1. The third-order valence-corrected chi connectivity index (χ3v) is 6.12. The molecule has 7 heteroatoms. The molecule has 0 bridgehead atoms. The van der Waals surface area contributed by atoms with Crippen LogP contribution in [0, 0.1) is 18.3 Å². The van der Waals surface area contributed by atoms with Gasteiger partial charge >= 0.3 is 5.97 Å². The van der Waals surface area contributed by atoms with Crippen LogP contribution in [0.4, 0.5) is 0 Å². The molecule has 2 atom stereocenters. The minimum absolute atomic E-state index is 0.0810. The maximum Gasteiger partial charge on any atom is 0.318 e. The molecule has 0 radical (unpaired) electrons. The number of carbonyl (C=O) groups is 3. The van der Waals surface area contributed by atoms with E-state index in [1.165, 1.54) is 0 Å². The molecule has 1 aromatic rings. The van der Waals surface area contributed by atoms with E-state index < -0.39 is 17.3 Å². The molecule has 7 nitrogen and oxygen atoms in total. The van der Waals surface area contributed by atoms with Gasteiger partial charge < -0.3 is 19.4 Å². The summed E-state index contributed by atoms with van der Waals surface area (Å²) in [6.07, 6.45) is 7.61. The van der Waals surface area contributed by atoms with Gasteiger partial charge in [-0.2, -0.15) is 0 Å². The second kappa shape index (κ2) is 9.98. The van der Waals surface area contributed by atoms with E-state index in [-0.39, 0.29) is 31.4 Å². The normalized spacial score (nSPS) is 25.1. The smallest absolute Gasteiger partial charge is 0.318 e. The lowest BCUT2D eigenvalue weighted by Gasteiger charge is -2.34. The fraction of sp³-hybridized carbons (Fsp3) is 0.542. The highest BCUT2D eigenvalue weighted by Crippen LogP contribution is 2.52. The van der Waals surface area contributed by atoms with Gasteiger partial charge in [0, 0.05) is 18.7 Å². The first kappa shape index (κ1) is 22.8. The first-order valence-corrected chi connectivity index (χ1v) is 11.1. The van der Waals surface area contributed by atoms with Crippen LogP contribution in [0.2, 0.25) is 0 Å². The fourth-order valence-electron chi connectivity index (χ4n) is 4.71. The van der Waals surface area contributed by atoms with E-state index in [4.69, 9.17) is 9.15 Å². The first-order chi connectivity index (χ1) is 14.9. The molecule has 3 rings (SSSR count). The van der Waals surface area contributed by atoms with Crippen LogP contribution in [-0.4, -0.2) is 35.8 Å². The molecule has 0 unspecified atom stereocenters. The molecule has 1 aromatic heterocycles. The summed E-state index contributed by atoms with van der Waals surface area (Å²) in [5.41, 5.74) is -0.454. The molecule has 2 amide bonds. The summed E-state index contributed by atoms with van der Waals surface area (Å²) in [4.78, 5) is 41.2. The van der Waals surface area contributed by atoms with Crippen molar-refractivity contribution in [1.29, 1.82) is 0 Å². The third kappa shape index (κ3) is 4.60. The Morgan fingerprint density at radius 3 is 2.84 bits per heavy atom. The summed E-state index contributed by atoms with van der Waals surface area (Å²) in [5.74, 6) is -0.316. The topological polar surface area (TPSA) is 88.9 Å². The summed E-state index contributed by atoms with van der Waals surface area (Å²) < 4.78 is 11.0. The van der Waals surface area contributed by atoms with Gasteiger partial charge in [0.1, 0.15) is 16.9 Å². The lowest BCUT2D eigenvalue weighted by Crippen LogP contribution is -2.42. The monoisotopic (exact) mass is 428 g/mol. The average molecular weight is 429 g/mol. The maximum atomic E-state index is 13.4. The van der Waals surface area contributed by atoms with Crippen LogP contribution in [0.5, 0.6) is 0 Å². The number of esters is 1. The molecule has 1 aliphatic heterocycles. The van der Waals surface area contributed by atoms with E-state index >= 15 is 0 Å². The molecule has 2 aliphatic rings. The number of rotatable bonds is 8. The lowest BCUT2D eigenvalue weighted by molar-refractivity contribution is -0.158. The summed E-state index contributed by atoms with van der Waals surface area (Å²) in [6, 6.07) is 3.63. The van der Waals surface area contributed by atoms with Crippen LogP contribution in [-0.2, 0) is 25.7 Å². The molecule has 2 heterocycles. The fourth-order valence-corrected chi connectivity index (χ4v) is 4.71. The van der Waals surface area contributed by atoms with E-state index in [2.05, 4.69) is 11.9 Å². The summed E-state index contributed by atoms with van der Waals surface area (Å²) in [5, 5.41) is 2.82. The SMILES string of the molecule is C=CCN1C(=O)[C@@H](CC(=O)NCc2ccc(C)o2)[C@]2(C(=O)OCC)CCCCC/C=C/12. The number of aryl methyl sites for hydroxylation is 1. The van der Waals surface area contributed by atoms with Crippen molar-refractivity contribution >= 4 is 17.8 Å². The van der Waals surface area contributed by atoms with E-state index in [0.717, 1.165) is 31.4 Å². The second-order valence-corrected chi connectivity index (χ2v) is 8.16. The molecule has 0 saturated carbocycles. The van der Waals surface area contributed by atoms with E-state index in [0.29, 0.717) is 24.4 Å². The van der Waals surface area contributed by atoms with Crippen LogP contribution in [0.3, 0.4) is 0 Å². The van der Waals surface area contributed by atoms with Gasteiger partial charge in [-0.05, 0) is 45.2 Å². The predicted molar refractivity (Wildman–Crippen MR) is 116 cm³/mol. The highest BCUT2D eigenvalue weighted by molar-refractivity contribution is 5.98. The molecule has 1 fully saturated rings. The quantitative estimate of drug-likeness (QED) is 0.504. The van der Waals surface area contributed by atoms with Gasteiger partial charge in [-0.3, -0.25) is 14.4 Å². The van der Waals surface area contributed by atoms with E-state index in [1.807, 2.05) is 19.1 Å². The summed E-state index contributed by atoms with van der Waals surface area (Å²) in [6.45, 7) is 8.12. The molecule has 0 aromatic carbocycles. The number of fused-ring (bicyclic) bond motifs is 1. The molecule has 0 spiro atoms. The molecule has 1 aliphatic carbocycles. The average Bonchev–Trinajstić information content (AvgIpc) is 3.22. The molecular formula is C24H32N2O5. The van der Waals surface area contributed by atoms with Crippen LogP contribution < -0.4 is 5.32 Å². The van der Waals surface area contributed by atoms with Crippen molar-refractivity contribution in [3.63, 3.8) is 0 Å². The number of furan rings is 1. The Kier molecular flexibility index (Phi) is 7.36. The van der Waals surface area contributed by atoms with Crippen molar-refractivity contribution in [2.45, 2.75) is 58.9 Å². The van der Waals surface area contributed by atoms with Gasteiger partial charge in [-0.1, -0.05) is 25.0 Å². The Hall–Kier alpha value is -2.83. The molecular weight excluding hydrogens is 396 g/mol. The highest BCUT2D eigenvalue weighted by atomic mass is 16.5. The Morgan fingerprint density at radius 1 is 1.35 bits per heavy atom. The molecule has 168 valence electrons. The zero-order valence-electron chi connectivity index (χ0n) is 18.4. The van der Waals surface area contributed by atoms with Crippen molar-refractivity contribution in [2.24, 2.45) is 11.3 Å². The maximum absolute atomic E-state index is 13.4. The molecule has 1 saturated heterocycles. The third-order valence-electron chi connectivity index (χ3n) is 6.12. The van der Waals surface area contributed by atoms with Gasteiger partial charge in [-0.15, -0.1) is 6.58 Å². The minimum Gasteiger partial charge on any atom is -0.465 e. The van der Waals surface area contributed by atoms with Crippen molar-refractivity contribution < 1.29 is 23.5 Å². The van der Waals surface area contributed by atoms with Crippen LogP contribution in [0.25, 0.3) is 0 Å². The second-order valence-electron chi connectivity index (χ2n) is 8.16. The van der Waals surface area contributed by atoms with Crippen molar-refractivity contribution in [1.82, 2.24) is 10.2 Å². The van der Waals surface area contributed by atoms with Gasteiger partial charge in [0.05, 0.1) is 19.1 Å². The predicted octanol–water partition coefficient (Wildman–Crippen LogP) is 3.64. The number of hydrogen-bond donors (Lipinski definition) is 1. The number of carbonyl (C=O) groups excluding carboxylic acids is 3. The number of amides is 2. The zero-order chi connectivity index (χ0) is 22.4. The van der Waals surface area contributed by atoms with E-state index in [1.54, 1.807) is 24.0 Å². The van der Waals surface area contributed by atoms with E-state index in [9.17, 15) is 14.4 Å². The Morgan fingerprint density at radius 2 is 2.16 bits per heavy atom. The van der Waals surface area contributed by atoms with Gasteiger partial charge in [0.15, 0.2) is 0 Å². The van der Waals surface area contributed by atoms with Crippen LogP contribution in [0.1, 0.15) is 57.0 Å². The summed E-state index contributed by atoms with van der Waals surface area (Å²) >= 11 is 0. The van der Waals surface area contributed by atoms with Gasteiger partial charge in [-0.25, -0.2) is 0 Å². The number of nitrogens with one attached hydrogen (secondary N) is 1. The highest BCUT2D eigenvalue weighted by Gasteiger charge is 2.61. The van der Waals surface area contributed by atoms with Crippen molar-refractivity contribution in [3.05, 3.63) is 48.1 Å². The number of ether oxygens (including phenoxy) is 1. The Labute approximate surface area is 183 Å². The Balaban J connectivity index is 1.91. The number of allylic oxidation sites excluding steroid dienone is 1.